The van der Waals surface area contributed by atoms with Crippen LogP contribution in [0.5, 0.6) is 0 Å². The Morgan fingerprint density at radius 3 is 2.93 bits per heavy atom. The van der Waals surface area contributed by atoms with Gasteiger partial charge in [-0.15, -0.1) is 10.2 Å². The molecule has 2 aromatic heterocycles. The van der Waals surface area contributed by atoms with E-state index in [0.29, 0.717) is 13.2 Å². The van der Waals surface area contributed by atoms with Gasteiger partial charge in [-0.2, -0.15) is 10.1 Å². The standard InChI is InChI=1S/C19H25N9O2/c1-3-28-8-12-10(2)6-11(7-15(12)27-28)22-18-16(17(21)29)25-26-19(24-18)23-14-4-5-30-9-13(14)20/h6-8,13-14H,3-5,9,20H2,1-2H3,(H2,21,29)(H2,22,23,24,26)/t13-,14+/m0/s1. The number of hydrogen-bond donors (Lipinski definition) is 4. The Labute approximate surface area is 173 Å². The zero-order valence-electron chi connectivity index (χ0n) is 16.9. The molecule has 3 aromatic rings. The fraction of sp³-hybridized carbons (Fsp3) is 0.421. The van der Waals surface area contributed by atoms with Crippen molar-refractivity contribution >= 4 is 34.3 Å². The maximum atomic E-state index is 11.9. The van der Waals surface area contributed by atoms with Crippen molar-refractivity contribution in [1.82, 2.24) is 25.0 Å². The number of anilines is 3. The minimum Gasteiger partial charge on any atom is -0.380 e. The van der Waals surface area contributed by atoms with Crippen molar-refractivity contribution in [2.24, 2.45) is 11.5 Å². The Kier molecular flexibility index (Phi) is 5.46. The molecular formula is C19H25N9O2. The SMILES string of the molecule is CCn1cc2c(C)cc(Nc3nc(N[C@@H]4CCOC[C@@H]4N)nnc3C(N)=O)cc2n1. The molecule has 11 nitrogen and oxygen atoms in total. The molecule has 0 bridgehead atoms. The van der Waals surface area contributed by atoms with Gasteiger partial charge in [-0.05, 0) is 38.0 Å². The van der Waals surface area contributed by atoms with Crippen LogP contribution in [0.1, 0.15) is 29.4 Å². The van der Waals surface area contributed by atoms with E-state index in [1.807, 2.05) is 36.9 Å². The number of aryl methyl sites for hydroxylation is 2. The van der Waals surface area contributed by atoms with Crippen LogP contribution in [0.3, 0.4) is 0 Å². The summed E-state index contributed by atoms with van der Waals surface area (Å²) in [6.07, 6.45) is 2.73. The minimum absolute atomic E-state index is 0.0475. The van der Waals surface area contributed by atoms with Gasteiger partial charge in [-0.25, -0.2) is 0 Å². The number of carbonyl (C=O) groups is 1. The summed E-state index contributed by atoms with van der Waals surface area (Å²) in [5, 5.41) is 19.9. The maximum absolute atomic E-state index is 11.9. The third-order valence-corrected chi connectivity index (χ3v) is 5.10. The van der Waals surface area contributed by atoms with Crippen molar-refractivity contribution in [3.8, 4) is 0 Å². The lowest BCUT2D eigenvalue weighted by Gasteiger charge is -2.29. The molecule has 0 aliphatic carbocycles. The number of rotatable bonds is 6. The highest BCUT2D eigenvalue weighted by Gasteiger charge is 2.24. The molecule has 1 aromatic carbocycles. The number of nitrogens with one attached hydrogen (secondary N) is 2. The van der Waals surface area contributed by atoms with Crippen LogP contribution in [0, 0.1) is 6.92 Å². The molecule has 3 heterocycles. The third-order valence-electron chi connectivity index (χ3n) is 5.10. The van der Waals surface area contributed by atoms with E-state index in [-0.39, 0.29) is 29.5 Å². The molecule has 1 fully saturated rings. The van der Waals surface area contributed by atoms with Gasteiger partial charge in [-0.3, -0.25) is 9.48 Å². The predicted octanol–water partition coefficient (Wildman–Crippen LogP) is 0.920. The van der Waals surface area contributed by atoms with Crippen LogP contribution < -0.4 is 22.1 Å². The Morgan fingerprint density at radius 1 is 1.37 bits per heavy atom. The van der Waals surface area contributed by atoms with Gasteiger partial charge < -0.3 is 26.8 Å². The maximum Gasteiger partial charge on any atom is 0.273 e. The second-order valence-corrected chi connectivity index (χ2v) is 7.31. The van der Waals surface area contributed by atoms with Gasteiger partial charge in [0.05, 0.1) is 12.1 Å². The van der Waals surface area contributed by atoms with Crippen molar-refractivity contribution in [3.05, 3.63) is 29.6 Å². The number of nitrogens with two attached hydrogens (primary N) is 2. The topological polar surface area (TPSA) is 159 Å². The van der Waals surface area contributed by atoms with Crippen LogP contribution in [-0.4, -0.2) is 56.2 Å². The van der Waals surface area contributed by atoms with Crippen LogP contribution in [0.25, 0.3) is 10.9 Å². The van der Waals surface area contributed by atoms with Crippen LogP contribution in [0.4, 0.5) is 17.5 Å². The zero-order chi connectivity index (χ0) is 21.3. The quantitative estimate of drug-likeness (QED) is 0.462. The van der Waals surface area contributed by atoms with Crippen molar-refractivity contribution in [2.45, 2.75) is 38.9 Å². The van der Waals surface area contributed by atoms with E-state index < -0.39 is 5.91 Å². The molecule has 2 atom stereocenters. The van der Waals surface area contributed by atoms with Gasteiger partial charge in [0.15, 0.2) is 11.5 Å². The zero-order valence-corrected chi connectivity index (χ0v) is 16.9. The molecule has 11 heteroatoms. The molecule has 1 saturated heterocycles. The average molecular weight is 411 g/mol. The Bertz CT molecular complexity index is 1080. The first-order valence-electron chi connectivity index (χ1n) is 9.83. The van der Waals surface area contributed by atoms with Crippen molar-refractivity contribution in [3.63, 3.8) is 0 Å². The largest absolute Gasteiger partial charge is 0.380 e. The second-order valence-electron chi connectivity index (χ2n) is 7.31. The molecule has 1 aliphatic heterocycles. The van der Waals surface area contributed by atoms with Crippen LogP contribution in [0.15, 0.2) is 18.3 Å². The number of ether oxygens (including phenoxy) is 1. The second kappa shape index (κ2) is 8.20. The summed E-state index contributed by atoms with van der Waals surface area (Å²) >= 11 is 0. The molecular weight excluding hydrogens is 386 g/mol. The first-order valence-corrected chi connectivity index (χ1v) is 9.83. The van der Waals surface area contributed by atoms with Gasteiger partial charge in [0.2, 0.25) is 5.95 Å². The molecule has 158 valence electrons. The fourth-order valence-corrected chi connectivity index (χ4v) is 3.46. The number of hydrogen-bond acceptors (Lipinski definition) is 9. The predicted molar refractivity (Wildman–Crippen MR) is 113 cm³/mol. The monoisotopic (exact) mass is 411 g/mol. The molecule has 6 N–H and O–H groups in total. The lowest BCUT2D eigenvalue weighted by atomic mass is 10.1. The van der Waals surface area contributed by atoms with E-state index in [4.69, 9.17) is 16.2 Å². The molecule has 0 radical (unpaired) electrons. The van der Waals surface area contributed by atoms with Crippen LogP contribution in [-0.2, 0) is 11.3 Å². The summed E-state index contributed by atoms with van der Waals surface area (Å²) in [5.74, 6) is -0.243. The number of nitrogens with zero attached hydrogens (tertiary/aromatic N) is 5. The Hall–Kier alpha value is -3.31. The van der Waals surface area contributed by atoms with Gasteiger partial charge >= 0.3 is 0 Å². The van der Waals surface area contributed by atoms with Crippen molar-refractivity contribution < 1.29 is 9.53 Å². The summed E-state index contributed by atoms with van der Waals surface area (Å²) in [6, 6.07) is 3.61. The van der Waals surface area contributed by atoms with E-state index in [1.54, 1.807) is 0 Å². The van der Waals surface area contributed by atoms with Crippen molar-refractivity contribution in [1.29, 1.82) is 0 Å². The fourth-order valence-electron chi connectivity index (χ4n) is 3.46. The van der Waals surface area contributed by atoms with E-state index in [0.717, 1.165) is 35.1 Å². The van der Waals surface area contributed by atoms with Crippen molar-refractivity contribution in [2.75, 3.05) is 23.8 Å². The highest BCUT2D eigenvalue weighted by Crippen LogP contribution is 2.26. The third kappa shape index (κ3) is 4.02. The number of aromatic nitrogens is 5. The summed E-state index contributed by atoms with van der Waals surface area (Å²) in [6.45, 7) is 5.88. The number of benzene rings is 1. The molecule has 30 heavy (non-hydrogen) atoms. The highest BCUT2D eigenvalue weighted by atomic mass is 16.5. The summed E-state index contributed by atoms with van der Waals surface area (Å²) in [7, 11) is 0. The first-order chi connectivity index (χ1) is 14.4. The van der Waals surface area contributed by atoms with Gasteiger partial charge in [0.25, 0.3) is 5.91 Å². The smallest absolute Gasteiger partial charge is 0.273 e. The summed E-state index contributed by atoms with van der Waals surface area (Å²) in [5.41, 5.74) is 14.1. The number of carbonyl (C=O) groups excluding carboxylic acids is 1. The Morgan fingerprint density at radius 2 is 2.20 bits per heavy atom. The van der Waals surface area contributed by atoms with Gasteiger partial charge in [0, 0.05) is 42.5 Å². The van der Waals surface area contributed by atoms with Gasteiger partial charge in [0.1, 0.15) is 0 Å². The van der Waals surface area contributed by atoms with E-state index in [1.165, 1.54) is 0 Å². The molecule has 0 spiro atoms. The van der Waals surface area contributed by atoms with E-state index in [2.05, 4.69) is 30.9 Å². The molecule has 1 aliphatic rings. The highest BCUT2D eigenvalue weighted by molar-refractivity contribution is 5.96. The summed E-state index contributed by atoms with van der Waals surface area (Å²) < 4.78 is 7.23. The number of amides is 1. The van der Waals surface area contributed by atoms with E-state index >= 15 is 0 Å². The normalized spacial score (nSPS) is 19.0. The Balaban J connectivity index is 1.65. The van der Waals surface area contributed by atoms with E-state index in [9.17, 15) is 4.79 Å². The minimum atomic E-state index is -0.722. The van der Waals surface area contributed by atoms with Gasteiger partial charge in [-0.1, -0.05) is 0 Å². The number of primary amides is 1. The molecule has 0 saturated carbocycles. The number of fused-ring (bicyclic) bond motifs is 1. The molecule has 0 unspecified atom stereocenters. The molecule has 1 amide bonds. The lowest BCUT2D eigenvalue weighted by Crippen LogP contribution is -2.48. The van der Waals surface area contributed by atoms with Crippen LogP contribution in [0.2, 0.25) is 0 Å². The lowest BCUT2D eigenvalue weighted by molar-refractivity contribution is 0.0751. The van der Waals surface area contributed by atoms with Crippen LogP contribution >= 0.6 is 0 Å². The first kappa shape index (κ1) is 20.0. The summed E-state index contributed by atoms with van der Waals surface area (Å²) in [4.78, 5) is 16.3. The molecule has 4 rings (SSSR count). The average Bonchev–Trinajstić information content (AvgIpc) is 3.14.